The predicted octanol–water partition coefficient (Wildman–Crippen LogP) is 2.36. The van der Waals surface area contributed by atoms with E-state index in [2.05, 4.69) is 0 Å². The molecule has 8 heteroatoms. The largest absolute Gasteiger partial charge is 0.460 e. The number of carbonyl (C=O) groups excluding carboxylic acids is 3. The summed E-state index contributed by atoms with van der Waals surface area (Å²) >= 11 is 0. The van der Waals surface area contributed by atoms with Crippen LogP contribution in [0.5, 0.6) is 0 Å². The number of benzene rings is 2. The molecule has 132 valence electrons. The Labute approximate surface area is 148 Å². The molecule has 1 heterocycles. The van der Waals surface area contributed by atoms with Crippen molar-refractivity contribution in [3.05, 3.63) is 74.8 Å². The molecule has 0 unspecified atom stereocenters. The lowest BCUT2D eigenvalue weighted by atomic mass is 10.1. The first-order valence-corrected chi connectivity index (χ1v) is 7.77. The number of hydrogen-bond donors (Lipinski definition) is 0. The van der Waals surface area contributed by atoms with Gasteiger partial charge in [0.1, 0.15) is 6.61 Å². The molecular formula is C18H14N2O6. The number of esters is 1. The van der Waals surface area contributed by atoms with Crippen LogP contribution < -0.4 is 0 Å². The molecule has 1 aliphatic heterocycles. The van der Waals surface area contributed by atoms with Crippen molar-refractivity contribution >= 4 is 23.5 Å². The Balaban J connectivity index is 1.61. The molecule has 2 aromatic carbocycles. The van der Waals surface area contributed by atoms with E-state index in [1.165, 1.54) is 25.1 Å². The second kappa shape index (κ2) is 6.75. The lowest BCUT2D eigenvalue weighted by Gasteiger charge is -2.13. The van der Waals surface area contributed by atoms with Crippen LogP contribution in [-0.4, -0.2) is 40.8 Å². The normalized spacial score (nSPS) is 12.9. The zero-order valence-corrected chi connectivity index (χ0v) is 13.8. The first-order chi connectivity index (χ1) is 12.4. The number of carbonyl (C=O) groups is 3. The molecule has 2 amide bonds. The zero-order chi connectivity index (χ0) is 18.8. The van der Waals surface area contributed by atoms with E-state index < -0.39 is 22.7 Å². The van der Waals surface area contributed by atoms with Gasteiger partial charge in [0.25, 0.3) is 17.5 Å². The average Bonchev–Trinajstić information content (AvgIpc) is 2.86. The molecule has 0 bridgehead atoms. The van der Waals surface area contributed by atoms with Crippen LogP contribution in [0, 0.1) is 17.0 Å². The molecule has 0 N–H and O–H groups in total. The van der Waals surface area contributed by atoms with E-state index >= 15 is 0 Å². The van der Waals surface area contributed by atoms with Gasteiger partial charge >= 0.3 is 5.97 Å². The highest BCUT2D eigenvalue weighted by Crippen LogP contribution is 2.22. The Bertz CT molecular complexity index is 902. The van der Waals surface area contributed by atoms with Crippen LogP contribution in [0.3, 0.4) is 0 Å². The second-order valence-electron chi connectivity index (χ2n) is 5.70. The topological polar surface area (TPSA) is 107 Å². The maximum Gasteiger partial charge on any atom is 0.338 e. The van der Waals surface area contributed by atoms with E-state index in [1.54, 1.807) is 24.3 Å². The van der Waals surface area contributed by atoms with Gasteiger partial charge in [0.15, 0.2) is 0 Å². The number of nitro benzene ring substituents is 1. The molecule has 1 aliphatic rings. The van der Waals surface area contributed by atoms with Gasteiger partial charge in [-0.05, 0) is 31.2 Å². The fraction of sp³-hybridized carbons (Fsp3) is 0.167. The van der Waals surface area contributed by atoms with E-state index in [-0.39, 0.29) is 24.4 Å². The minimum absolute atomic E-state index is 0.0654. The highest BCUT2D eigenvalue weighted by molar-refractivity contribution is 6.21. The van der Waals surface area contributed by atoms with Crippen molar-refractivity contribution in [1.82, 2.24) is 4.90 Å². The van der Waals surface area contributed by atoms with Crippen LogP contribution in [0.1, 0.15) is 36.6 Å². The third kappa shape index (κ3) is 3.04. The summed E-state index contributed by atoms with van der Waals surface area (Å²) in [5, 5.41) is 10.8. The molecule has 2 aromatic rings. The molecule has 0 aliphatic carbocycles. The van der Waals surface area contributed by atoms with Crippen LogP contribution in [0.25, 0.3) is 0 Å². The summed E-state index contributed by atoms with van der Waals surface area (Å²) in [7, 11) is 0. The lowest BCUT2D eigenvalue weighted by Crippen LogP contribution is -2.33. The maximum absolute atomic E-state index is 12.2. The smallest absolute Gasteiger partial charge is 0.338 e. The standard InChI is InChI=1S/C18H14N2O6/c1-11-10-12(6-7-15(11)20(24)25)18(23)26-9-8-19-16(21)13-4-2-3-5-14(13)17(19)22/h2-7,10H,8-9H2,1H3. The van der Waals surface area contributed by atoms with Crippen molar-refractivity contribution in [1.29, 1.82) is 0 Å². The van der Waals surface area contributed by atoms with Gasteiger partial charge < -0.3 is 4.74 Å². The molecule has 3 rings (SSSR count). The lowest BCUT2D eigenvalue weighted by molar-refractivity contribution is -0.385. The first-order valence-electron chi connectivity index (χ1n) is 7.77. The highest BCUT2D eigenvalue weighted by atomic mass is 16.6. The SMILES string of the molecule is Cc1cc(C(=O)OCCN2C(=O)c3ccccc3C2=O)ccc1[N+](=O)[O-]. The van der Waals surface area contributed by atoms with E-state index in [9.17, 15) is 24.5 Å². The minimum Gasteiger partial charge on any atom is -0.460 e. The van der Waals surface area contributed by atoms with Gasteiger partial charge in [-0.25, -0.2) is 4.79 Å². The van der Waals surface area contributed by atoms with Crippen molar-refractivity contribution in [3.8, 4) is 0 Å². The van der Waals surface area contributed by atoms with E-state index in [0.29, 0.717) is 16.7 Å². The summed E-state index contributed by atoms with van der Waals surface area (Å²) < 4.78 is 5.09. The molecule has 26 heavy (non-hydrogen) atoms. The summed E-state index contributed by atoms with van der Waals surface area (Å²) in [5.41, 5.74) is 1.07. The third-order valence-corrected chi connectivity index (χ3v) is 4.06. The molecule has 0 saturated heterocycles. The van der Waals surface area contributed by atoms with Gasteiger partial charge in [-0.3, -0.25) is 24.6 Å². The number of aryl methyl sites for hydroxylation is 1. The summed E-state index contributed by atoms with van der Waals surface area (Å²) in [4.78, 5) is 47.7. The van der Waals surface area contributed by atoms with Crippen LogP contribution in [0.2, 0.25) is 0 Å². The number of amides is 2. The van der Waals surface area contributed by atoms with Gasteiger partial charge in [-0.15, -0.1) is 0 Å². The van der Waals surface area contributed by atoms with Crippen molar-refractivity contribution in [2.24, 2.45) is 0 Å². The summed E-state index contributed by atoms with van der Waals surface area (Å²) in [5.74, 6) is -1.53. The maximum atomic E-state index is 12.2. The van der Waals surface area contributed by atoms with E-state index in [1.807, 2.05) is 0 Å². The molecule has 0 radical (unpaired) electrons. The third-order valence-electron chi connectivity index (χ3n) is 4.06. The Morgan fingerprint density at radius 1 is 1.12 bits per heavy atom. The Morgan fingerprint density at radius 2 is 1.73 bits per heavy atom. The first kappa shape index (κ1) is 17.3. The van der Waals surface area contributed by atoms with Crippen molar-refractivity contribution < 1.29 is 24.0 Å². The Kier molecular flexibility index (Phi) is 4.49. The quantitative estimate of drug-likeness (QED) is 0.353. The number of rotatable bonds is 5. The fourth-order valence-electron chi connectivity index (χ4n) is 2.74. The van der Waals surface area contributed by atoms with Gasteiger partial charge in [0.2, 0.25) is 0 Å². The number of nitro groups is 1. The van der Waals surface area contributed by atoms with E-state index in [4.69, 9.17) is 4.74 Å². The van der Waals surface area contributed by atoms with Crippen molar-refractivity contribution in [2.45, 2.75) is 6.92 Å². The van der Waals surface area contributed by atoms with E-state index in [0.717, 1.165) is 4.90 Å². The highest BCUT2D eigenvalue weighted by Gasteiger charge is 2.34. The van der Waals surface area contributed by atoms with Gasteiger partial charge in [0, 0.05) is 11.6 Å². The number of ether oxygens (including phenoxy) is 1. The predicted molar refractivity (Wildman–Crippen MR) is 89.9 cm³/mol. The van der Waals surface area contributed by atoms with Gasteiger partial charge in [0.05, 0.1) is 28.2 Å². The zero-order valence-electron chi connectivity index (χ0n) is 13.8. The molecule has 8 nitrogen and oxygen atoms in total. The number of hydrogen-bond acceptors (Lipinski definition) is 6. The Hall–Kier alpha value is -3.55. The number of imide groups is 1. The average molecular weight is 354 g/mol. The summed E-state index contributed by atoms with van der Waals surface area (Å²) in [6.07, 6.45) is 0. The molecule has 0 fully saturated rings. The summed E-state index contributed by atoms with van der Waals surface area (Å²) in [6.45, 7) is 1.29. The van der Waals surface area contributed by atoms with Crippen molar-refractivity contribution in [2.75, 3.05) is 13.2 Å². The van der Waals surface area contributed by atoms with Gasteiger partial charge in [-0.2, -0.15) is 0 Å². The van der Waals surface area contributed by atoms with Crippen LogP contribution in [-0.2, 0) is 4.74 Å². The monoisotopic (exact) mass is 354 g/mol. The minimum atomic E-state index is -0.681. The van der Waals surface area contributed by atoms with Gasteiger partial charge in [-0.1, -0.05) is 12.1 Å². The number of fused-ring (bicyclic) bond motifs is 1. The molecular weight excluding hydrogens is 340 g/mol. The molecule has 0 aromatic heterocycles. The van der Waals surface area contributed by atoms with Crippen molar-refractivity contribution in [3.63, 3.8) is 0 Å². The molecule has 0 spiro atoms. The van der Waals surface area contributed by atoms with Crippen LogP contribution >= 0.6 is 0 Å². The number of nitrogens with zero attached hydrogens (tertiary/aromatic N) is 2. The summed E-state index contributed by atoms with van der Waals surface area (Å²) in [6, 6.07) is 10.4. The molecule has 0 atom stereocenters. The van der Waals surface area contributed by atoms with Crippen LogP contribution in [0.15, 0.2) is 42.5 Å². The van der Waals surface area contributed by atoms with Crippen LogP contribution in [0.4, 0.5) is 5.69 Å². The second-order valence-corrected chi connectivity index (χ2v) is 5.70. The Morgan fingerprint density at radius 3 is 2.27 bits per heavy atom. The molecule has 0 saturated carbocycles. The fourth-order valence-corrected chi connectivity index (χ4v) is 2.74.